The van der Waals surface area contributed by atoms with E-state index in [2.05, 4.69) is 9.72 Å². The molecule has 1 amide bonds. The molecule has 2 aromatic rings. The lowest BCUT2D eigenvalue weighted by molar-refractivity contribution is -0.0529. The number of alkyl halides is 2. The smallest absolute Gasteiger partial charge is 0.388 e. The van der Waals surface area contributed by atoms with Gasteiger partial charge in [-0.3, -0.25) is 4.79 Å². The van der Waals surface area contributed by atoms with Gasteiger partial charge in [0.1, 0.15) is 5.25 Å². The first-order valence-electron chi connectivity index (χ1n) is 7.41. The van der Waals surface area contributed by atoms with E-state index in [-0.39, 0.29) is 18.5 Å². The highest BCUT2D eigenvalue weighted by molar-refractivity contribution is 7.90. The Morgan fingerprint density at radius 1 is 1.24 bits per heavy atom. The van der Waals surface area contributed by atoms with Crippen molar-refractivity contribution in [1.29, 1.82) is 0 Å². The van der Waals surface area contributed by atoms with Crippen LogP contribution in [0.2, 0.25) is 0 Å². The van der Waals surface area contributed by atoms with Crippen LogP contribution in [-0.2, 0) is 10.0 Å². The van der Waals surface area contributed by atoms with E-state index in [0.717, 1.165) is 16.6 Å². The first-order valence-corrected chi connectivity index (χ1v) is 8.91. The van der Waals surface area contributed by atoms with Gasteiger partial charge >= 0.3 is 6.61 Å². The molecule has 0 bridgehead atoms. The number of halogens is 2. The molecule has 1 unspecified atom stereocenters. The van der Waals surface area contributed by atoms with Gasteiger partial charge in [0.25, 0.3) is 5.91 Å². The Kier molecular flexibility index (Phi) is 4.67. The van der Waals surface area contributed by atoms with Gasteiger partial charge in [0, 0.05) is 24.4 Å². The van der Waals surface area contributed by atoms with Crippen molar-refractivity contribution in [3.63, 3.8) is 0 Å². The number of carbonyl (C=O) groups excluding carboxylic acids is 1. The van der Waals surface area contributed by atoms with Crippen molar-refractivity contribution in [2.45, 2.75) is 18.3 Å². The second kappa shape index (κ2) is 6.75. The summed E-state index contributed by atoms with van der Waals surface area (Å²) >= 11 is 0. The van der Waals surface area contributed by atoms with E-state index in [0.29, 0.717) is 5.56 Å². The van der Waals surface area contributed by atoms with Crippen LogP contribution in [0.1, 0.15) is 27.6 Å². The average molecular weight is 368 g/mol. The summed E-state index contributed by atoms with van der Waals surface area (Å²) in [5.74, 6) is -1.24. The van der Waals surface area contributed by atoms with Gasteiger partial charge in [-0.1, -0.05) is 30.3 Å². The van der Waals surface area contributed by atoms with Crippen molar-refractivity contribution < 1.29 is 26.7 Å². The van der Waals surface area contributed by atoms with Gasteiger partial charge in [0.05, 0.1) is 0 Å². The third kappa shape index (κ3) is 3.46. The van der Waals surface area contributed by atoms with Crippen LogP contribution in [0.5, 0.6) is 5.88 Å². The first kappa shape index (κ1) is 17.3. The molecule has 0 N–H and O–H groups in total. The van der Waals surface area contributed by atoms with Gasteiger partial charge in [0.15, 0.2) is 0 Å². The molecule has 2 heterocycles. The molecule has 6 nitrogen and oxygen atoms in total. The molecule has 25 heavy (non-hydrogen) atoms. The normalized spacial score (nSPS) is 19.2. The molecule has 1 aliphatic heterocycles. The molecule has 0 spiro atoms. The van der Waals surface area contributed by atoms with E-state index < -0.39 is 33.7 Å². The lowest BCUT2D eigenvalue weighted by Crippen LogP contribution is -2.33. The molecular weight excluding hydrogens is 354 g/mol. The Balaban J connectivity index is 1.86. The fraction of sp³-hybridized carbons (Fsp3) is 0.250. The number of nitrogens with zero attached hydrogens (tertiary/aromatic N) is 2. The maximum atomic E-state index is 12.7. The van der Waals surface area contributed by atoms with Crippen LogP contribution < -0.4 is 4.74 Å². The van der Waals surface area contributed by atoms with Crippen molar-refractivity contribution in [3.8, 4) is 5.88 Å². The molecule has 1 atom stereocenters. The SMILES string of the molecule is O=C(c1ccnc(OC(F)F)c1)N1CCC(c2ccccc2)S1(=O)=O. The predicted octanol–water partition coefficient (Wildman–Crippen LogP) is 2.60. The van der Waals surface area contributed by atoms with Crippen molar-refractivity contribution in [3.05, 3.63) is 59.8 Å². The van der Waals surface area contributed by atoms with E-state index in [9.17, 15) is 22.0 Å². The maximum Gasteiger partial charge on any atom is 0.388 e. The van der Waals surface area contributed by atoms with E-state index in [1.54, 1.807) is 30.3 Å². The van der Waals surface area contributed by atoms with E-state index in [1.807, 2.05) is 0 Å². The highest BCUT2D eigenvalue weighted by Gasteiger charge is 2.42. The van der Waals surface area contributed by atoms with Gasteiger partial charge in [0.2, 0.25) is 15.9 Å². The van der Waals surface area contributed by atoms with Crippen molar-refractivity contribution in [2.75, 3.05) is 6.54 Å². The summed E-state index contributed by atoms with van der Waals surface area (Å²) in [5.41, 5.74) is 0.525. The number of benzene rings is 1. The number of aromatic nitrogens is 1. The summed E-state index contributed by atoms with van der Waals surface area (Å²) in [7, 11) is -3.89. The molecule has 1 aromatic heterocycles. The number of rotatable bonds is 4. The van der Waals surface area contributed by atoms with E-state index in [4.69, 9.17) is 0 Å². The Hall–Kier alpha value is -2.55. The van der Waals surface area contributed by atoms with Crippen molar-refractivity contribution in [2.24, 2.45) is 0 Å². The predicted molar refractivity (Wildman–Crippen MR) is 84.6 cm³/mol. The Morgan fingerprint density at radius 2 is 1.96 bits per heavy atom. The highest BCUT2D eigenvalue weighted by atomic mass is 32.2. The summed E-state index contributed by atoms with van der Waals surface area (Å²) < 4.78 is 54.9. The molecule has 1 fully saturated rings. The Bertz CT molecular complexity index is 875. The third-order valence-electron chi connectivity index (χ3n) is 3.85. The quantitative estimate of drug-likeness (QED) is 0.829. The van der Waals surface area contributed by atoms with Crippen LogP contribution in [-0.4, -0.2) is 36.8 Å². The number of carbonyl (C=O) groups is 1. The summed E-state index contributed by atoms with van der Waals surface area (Å²) in [6.45, 7) is -3.07. The van der Waals surface area contributed by atoms with Crippen LogP contribution in [0.15, 0.2) is 48.7 Å². The van der Waals surface area contributed by atoms with E-state index >= 15 is 0 Å². The molecule has 1 aliphatic rings. The number of ether oxygens (including phenoxy) is 1. The molecular formula is C16H14F2N2O4S. The molecule has 1 saturated heterocycles. The van der Waals surface area contributed by atoms with Crippen LogP contribution in [0.25, 0.3) is 0 Å². The molecule has 9 heteroatoms. The van der Waals surface area contributed by atoms with Gasteiger partial charge in [-0.05, 0) is 18.1 Å². The van der Waals surface area contributed by atoms with Gasteiger partial charge < -0.3 is 4.74 Å². The summed E-state index contributed by atoms with van der Waals surface area (Å²) in [6.07, 6.45) is 1.38. The standard InChI is InChI=1S/C16H14F2N2O4S/c17-16(18)24-14-10-12(6-8-19-14)15(21)20-9-7-13(25(20,22)23)11-4-2-1-3-5-11/h1-6,8,10,13,16H,7,9H2. The highest BCUT2D eigenvalue weighted by Crippen LogP contribution is 2.36. The van der Waals surface area contributed by atoms with Gasteiger partial charge in [-0.25, -0.2) is 17.7 Å². The van der Waals surface area contributed by atoms with Crippen LogP contribution in [0.4, 0.5) is 8.78 Å². The van der Waals surface area contributed by atoms with Crippen LogP contribution in [0.3, 0.4) is 0 Å². The Morgan fingerprint density at radius 3 is 2.64 bits per heavy atom. The first-order chi connectivity index (χ1) is 11.9. The summed E-state index contributed by atoms with van der Waals surface area (Å²) in [5, 5.41) is -0.809. The van der Waals surface area contributed by atoms with Crippen LogP contribution >= 0.6 is 0 Å². The lowest BCUT2D eigenvalue weighted by atomic mass is 10.1. The van der Waals surface area contributed by atoms with Crippen molar-refractivity contribution >= 4 is 15.9 Å². The fourth-order valence-electron chi connectivity index (χ4n) is 2.73. The lowest BCUT2D eigenvalue weighted by Gasteiger charge is -2.17. The maximum absolute atomic E-state index is 12.7. The molecule has 0 radical (unpaired) electrons. The van der Waals surface area contributed by atoms with Gasteiger partial charge in [-0.2, -0.15) is 8.78 Å². The zero-order valence-electron chi connectivity index (χ0n) is 12.9. The molecule has 3 rings (SSSR count). The number of pyridine rings is 1. The summed E-state index contributed by atoms with van der Waals surface area (Å²) in [4.78, 5) is 16.1. The second-order valence-corrected chi connectivity index (χ2v) is 7.41. The number of hydrogen-bond acceptors (Lipinski definition) is 5. The van der Waals surface area contributed by atoms with Gasteiger partial charge in [-0.15, -0.1) is 0 Å². The minimum atomic E-state index is -3.89. The fourth-order valence-corrected chi connectivity index (χ4v) is 4.64. The van der Waals surface area contributed by atoms with Crippen molar-refractivity contribution in [1.82, 2.24) is 9.29 Å². The number of amides is 1. The van der Waals surface area contributed by atoms with Crippen LogP contribution in [0, 0.1) is 0 Å². The minimum Gasteiger partial charge on any atom is -0.417 e. The minimum absolute atomic E-state index is 0.0219. The zero-order chi connectivity index (χ0) is 18.0. The second-order valence-electron chi connectivity index (χ2n) is 5.37. The monoisotopic (exact) mass is 368 g/mol. The molecule has 0 saturated carbocycles. The Labute approximate surface area is 143 Å². The molecule has 132 valence electrons. The molecule has 1 aromatic carbocycles. The number of sulfonamides is 1. The summed E-state index contributed by atoms with van der Waals surface area (Å²) in [6, 6.07) is 10.9. The zero-order valence-corrected chi connectivity index (χ0v) is 13.7. The number of hydrogen-bond donors (Lipinski definition) is 0. The third-order valence-corrected chi connectivity index (χ3v) is 6.04. The van der Waals surface area contributed by atoms with E-state index in [1.165, 1.54) is 6.07 Å². The topological polar surface area (TPSA) is 76.6 Å². The largest absolute Gasteiger partial charge is 0.417 e. The average Bonchev–Trinajstić information content (AvgIpc) is 2.89. The molecule has 0 aliphatic carbocycles.